The molecule has 2 aliphatic carbocycles. The SMILES string of the molecule is FC(F)(F)c1cc(CBr)ccc1OCC1CC2CCC1C2. The molecule has 1 aromatic rings. The second kappa shape index (κ2) is 5.82. The van der Waals surface area contributed by atoms with E-state index in [1.54, 1.807) is 6.07 Å². The molecule has 2 fully saturated rings. The molecule has 0 saturated heterocycles. The fraction of sp³-hybridized carbons (Fsp3) is 0.625. The number of rotatable bonds is 4. The van der Waals surface area contributed by atoms with Crippen LogP contribution in [0.25, 0.3) is 0 Å². The quantitative estimate of drug-likeness (QED) is 0.650. The van der Waals surface area contributed by atoms with E-state index in [4.69, 9.17) is 4.74 Å². The molecule has 21 heavy (non-hydrogen) atoms. The molecule has 1 nitrogen and oxygen atoms in total. The van der Waals surface area contributed by atoms with Gasteiger partial charge >= 0.3 is 6.18 Å². The number of hydrogen-bond donors (Lipinski definition) is 0. The summed E-state index contributed by atoms with van der Waals surface area (Å²) in [6, 6.07) is 4.30. The molecule has 3 unspecified atom stereocenters. The molecule has 0 spiro atoms. The fourth-order valence-electron chi connectivity index (χ4n) is 3.79. The van der Waals surface area contributed by atoms with Crippen molar-refractivity contribution in [3.8, 4) is 5.75 Å². The number of benzene rings is 1. The first-order chi connectivity index (χ1) is 9.97. The minimum atomic E-state index is -4.37. The van der Waals surface area contributed by atoms with Crippen molar-refractivity contribution in [3.05, 3.63) is 29.3 Å². The lowest BCUT2D eigenvalue weighted by Gasteiger charge is -2.23. The monoisotopic (exact) mass is 362 g/mol. The highest BCUT2D eigenvalue weighted by Crippen LogP contribution is 2.48. The zero-order chi connectivity index (χ0) is 15.0. The Morgan fingerprint density at radius 3 is 2.57 bits per heavy atom. The molecule has 0 N–H and O–H groups in total. The van der Waals surface area contributed by atoms with E-state index < -0.39 is 11.7 Å². The highest BCUT2D eigenvalue weighted by molar-refractivity contribution is 9.08. The van der Waals surface area contributed by atoms with Crippen LogP contribution in [0.3, 0.4) is 0 Å². The number of hydrogen-bond acceptors (Lipinski definition) is 1. The Hall–Kier alpha value is -0.710. The summed E-state index contributed by atoms with van der Waals surface area (Å²) in [5, 5.41) is 0.405. The van der Waals surface area contributed by atoms with Gasteiger partial charge in [0.15, 0.2) is 0 Å². The summed E-state index contributed by atoms with van der Waals surface area (Å²) in [6.45, 7) is 0.415. The van der Waals surface area contributed by atoms with Crippen molar-refractivity contribution >= 4 is 15.9 Å². The largest absolute Gasteiger partial charge is 0.493 e. The lowest BCUT2D eigenvalue weighted by atomic mass is 9.89. The van der Waals surface area contributed by atoms with Crippen LogP contribution in [0.1, 0.15) is 36.8 Å². The van der Waals surface area contributed by atoms with Gasteiger partial charge in [0, 0.05) is 5.33 Å². The van der Waals surface area contributed by atoms with E-state index in [9.17, 15) is 13.2 Å². The third-order valence-electron chi connectivity index (χ3n) is 4.84. The Balaban J connectivity index is 1.72. The van der Waals surface area contributed by atoms with Crippen molar-refractivity contribution in [2.75, 3.05) is 6.61 Å². The van der Waals surface area contributed by atoms with E-state index in [1.807, 2.05) is 0 Å². The molecule has 0 aliphatic heterocycles. The maximum Gasteiger partial charge on any atom is 0.419 e. The number of fused-ring (bicyclic) bond motifs is 2. The molecular weight excluding hydrogens is 345 g/mol. The molecule has 1 aromatic carbocycles. The van der Waals surface area contributed by atoms with Gasteiger partial charge in [-0.2, -0.15) is 13.2 Å². The van der Waals surface area contributed by atoms with E-state index in [2.05, 4.69) is 15.9 Å². The van der Waals surface area contributed by atoms with Crippen molar-refractivity contribution in [3.63, 3.8) is 0 Å². The second-order valence-corrected chi connectivity index (χ2v) is 6.77. The van der Waals surface area contributed by atoms with Crippen LogP contribution in [-0.4, -0.2) is 6.61 Å². The molecule has 3 atom stereocenters. The fourth-order valence-corrected chi connectivity index (χ4v) is 4.13. The van der Waals surface area contributed by atoms with Crippen molar-refractivity contribution in [1.29, 1.82) is 0 Å². The van der Waals surface area contributed by atoms with Crippen LogP contribution >= 0.6 is 15.9 Å². The first-order valence-corrected chi connectivity index (χ1v) is 8.48. The number of alkyl halides is 4. The zero-order valence-electron chi connectivity index (χ0n) is 11.6. The highest BCUT2D eigenvalue weighted by atomic mass is 79.9. The summed E-state index contributed by atoms with van der Waals surface area (Å²) in [5.74, 6) is 1.84. The normalized spacial score (nSPS) is 28.1. The van der Waals surface area contributed by atoms with Crippen molar-refractivity contribution in [2.24, 2.45) is 17.8 Å². The smallest absolute Gasteiger partial charge is 0.419 e. The lowest BCUT2D eigenvalue weighted by molar-refractivity contribution is -0.139. The van der Waals surface area contributed by atoms with Crippen LogP contribution in [-0.2, 0) is 11.5 Å². The highest BCUT2D eigenvalue weighted by Gasteiger charge is 2.40. The summed E-state index contributed by atoms with van der Waals surface area (Å²) in [4.78, 5) is 0. The van der Waals surface area contributed by atoms with Gasteiger partial charge in [-0.05, 0) is 54.7 Å². The molecule has 0 heterocycles. The van der Waals surface area contributed by atoms with Gasteiger partial charge in [0.25, 0.3) is 0 Å². The Kier molecular flexibility index (Phi) is 4.21. The summed E-state index contributed by atoms with van der Waals surface area (Å²) < 4.78 is 44.9. The molecule has 0 radical (unpaired) electrons. The molecule has 0 aromatic heterocycles. The maximum atomic E-state index is 13.1. The maximum absolute atomic E-state index is 13.1. The van der Waals surface area contributed by atoms with Crippen LogP contribution in [0.15, 0.2) is 18.2 Å². The third-order valence-corrected chi connectivity index (χ3v) is 5.49. The van der Waals surface area contributed by atoms with E-state index in [-0.39, 0.29) is 5.75 Å². The van der Waals surface area contributed by atoms with Gasteiger partial charge in [0.1, 0.15) is 5.75 Å². The van der Waals surface area contributed by atoms with Gasteiger partial charge in [-0.3, -0.25) is 0 Å². The molecule has 5 heteroatoms. The number of ether oxygens (including phenoxy) is 1. The summed E-state index contributed by atoms with van der Waals surface area (Å²) >= 11 is 3.19. The Bertz CT molecular complexity index is 515. The van der Waals surface area contributed by atoms with E-state index in [0.29, 0.717) is 29.3 Å². The third kappa shape index (κ3) is 3.22. The van der Waals surface area contributed by atoms with Gasteiger partial charge < -0.3 is 4.74 Å². The predicted octanol–water partition coefficient (Wildman–Crippen LogP) is 5.42. The van der Waals surface area contributed by atoms with E-state index >= 15 is 0 Å². The van der Waals surface area contributed by atoms with Crippen LogP contribution in [0.4, 0.5) is 13.2 Å². The van der Waals surface area contributed by atoms with Gasteiger partial charge in [0.05, 0.1) is 12.2 Å². The van der Waals surface area contributed by atoms with E-state index in [0.717, 1.165) is 12.3 Å². The minimum Gasteiger partial charge on any atom is -0.493 e. The van der Waals surface area contributed by atoms with Gasteiger partial charge in [-0.25, -0.2) is 0 Å². The molecule has 116 valence electrons. The average molecular weight is 363 g/mol. The predicted molar refractivity (Wildman–Crippen MR) is 78.5 cm³/mol. The molecule has 2 bridgehead atoms. The zero-order valence-corrected chi connectivity index (χ0v) is 13.2. The first-order valence-electron chi connectivity index (χ1n) is 7.36. The molecule has 2 saturated carbocycles. The topological polar surface area (TPSA) is 9.23 Å². The molecule has 2 aliphatic rings. The summed E-state index contributed by atoms with van der Waals surface area (Å²) in [6.07, 6.45) is 0.485. The molecule has 3 rings (SSSR count). The second-order valence-electron chi connectivity index (χ2n) is 6.21. The van der Waals surface area contributed by atoms with E-state index in [1.165, 1.54) is 31.4 Å². The van der Waals surface area contributed by atoms with Crippen molar-refractivity contribution < 1.29 is 17.9 Å². The van der Waals surface area contributed by atoms with Gasteiger partial charge in [-0.1, -0.05) is 28.4 Å². The van der Waals surface area contributed by atoms with Crippen LogP contribution in [0, 0.1) is 17.8 Å². The van der Waals surface area contributed by atoms with Crippen LogP contribution in [0.2, 0.25) is 0 Å². The van der Waals surface area contributed by atoms with Gasteiger partial charge in [0.2, 0.25) is 0 Å². The number of halogens is 4. The lowest BCUT2D eigenvalue weighted by Crippen LogP contribution is -2.20. The Morgan fingerprint density at radius 2 is 2.00 bits per heavy atom. The standard InChI is InChI=1S/C16H18BrF3O/c17-8-11-2-4-15(14(7-11)16(18,19)20)21-9-13-6-10-1-3-12(13)5-10/h2,4,7,10,12-13H,1,3,5-6,8-9H2. The van der Waals surface area contributed by atoms with Gasteiger partial charge in [-0.15, -0.1) is 0 Å². The Labute approximate surface area is 131 Å². The van der Waals surface area contributed by atoms with Crippen molar-refractivity contribution in [1.82, 2.24) is 0 Å². The first kappa shape index (κ1) is 15.2. The average Bonchev–Trinajstić information content (AvgIpc) is 3.06. The minimum absolute atomic E-state index is 0.0324. The van der Waals surface area contributed by atoms with Crippen LogP contribution < -0.4 is 4.74 Å². The summed E-state index contributed by atoms with van der Waals surface area (Å²) in [5.41, 5.74) is -0.0581. The molecule has 0 amide bonds. The van der Waals surface area contributed by atoms with Crippen LogP contribution in [0.5, 0.6) is 5.75 Å². The Morgan fingerprint density at radius 1 is 1.19 bits per heavy atom. The summed E-state index contributed by atoms with van der Waals surface area (Å²) in [7, 11) is 0. The molecular formula is C16H18BrF3O. The van der Waals surface area contributed by atoms with Crippen molar-refractivity contribution in [2.45, 2.75) is 37.2 Å².